The van der Waals surface area contributed by atoms with Gasteiger partial charge in [-0.25, -0.2) is 9.78 Å². The van der Waals surface area contributed by atoms with Crippen LogP contribution in [0.15, 0.2) is 59.5 Å². The molecule has 0 aliphatic carbocycles. The molecule has 0 spiro atoms. The maximum Gasteiger partial charge on any atom is 0.490 e. The molecule has 0 unspecified atom stereocenters. The van der Waals surface area contributed by atoms with E-state index in [4.69, 9.17) is 24.0 Å². The highest BCUT2D eigenvalue weighted by molar-refractivity contribution is 5.92. The predicted octanol–water partition coefficient (Wildman–Crippen LogP) is 4.89. The standard InChI is InChI=1S/C24H24N4O3.C2HF3O2/c1-27-15-25-23-20(27)14-19(26-22(23)17-5-7-18(30-2)8-6-17)16-9-11-28(12-10-16)24(29)21-4-3-13-31-21;3-2(4,5)1(6)7/h3-8,13-16H,9-12H2,1-2H3;(H,6,7). The van der Waals surface area contributed by atoms with Crippen LogP contribution in [0.2, 0.25) is 0 Å². The van der Waals surface area contributed by atoms with E-state index < -0.39 is 12.1 Å². The number of piperidine rings is 1. The molecule has 9 nitrogen and oxygen atoms in total. The fourth-order valence-electron chi connectivity index (χ4n) is 4.24. The molecular formula is C26H25F3N4O5. The number of aryl methyl sites for hydroxylation is 1. The first-order chi connectivity index (χ1) is 18.1. The van der Waals surface area contributed by atoms with Crippen LogP contribution in [-0.4, -0.2) is 62.8 Å². The van der Waals surface area contributed by atoms with Crippen molar-refractivity contribution >= 4 is 22.9 Å². The van der Waals surface area contributed by atoms with E-state index in [1.807, 2.05) is 47.1 Å². The van der Waals surface area contributed by atoms with Gasteiger partial charge in [-0.05, 0) is 55.3 Å². The number of aromatic nitrogens is 3. The lowest BCUT2D eigenvalue weighted by Gasteiger charge is -2.31. The summed E-state index contributed by atoms with van der Waals surface area (Å²) in [5, 5.41) is 7.12. The van der Waals surface area contributed by atoms with Crippen molar-refractivity contribution in [2.75, 3.05) is 20.2 Å². The summed E-state index contributed by atoms with van der Waals surface area (Å²) in [4.78, 5) is 33.0. The molecule has 3 aromatic heterocycles. The van der Waals surface area contributed by atoms with Crippen LogP contribution in [0.4, 0.5) is 13.2 Å². The van der Waals surface area contributed by atoms with Crippen LogP contribution in [0, 0.1) is 0 Å². The first kappa shape index (κ1) is 26.7. The van der Waals surface area contributed by atoms with Crippen LogP contribution in [0.3, 0.4) is 0 Å². The van der Waals surface area contributed by atoms with Crippen molar-refractivity contribution in [2.24, 2.45) is 7.05 Å². The lowest BCUT2D eigenvalue weighted by atomic mass is 9.92. The Labute approximate surface area is 215 Å². The summed E-state index contributed by atoms with van der Waals surface area (Å²) in [6.07, 6.45) is 0.0111. The van der Waals surface area contributed by atoms with Crippen LogP contribution in [0.5, 0.6) is 5.75 Å². The molecule has 12 heteroatoms. The van der Waals surface area contributed by atoms with Gasteiger partial charge >= 0.3 is 12.1 Å². The third kappa shape index (κ3) is 5.79. The summed E-state index contributed by atoms with van der Waals surface area (Å²) in [6, 6.07) is 13.5. The molecule has 0 saturated carbocycles. The Morgan fingerprint density at radius 2 is 1.79 bits per heavy atom. The van der Waals surface area contributed by atoms with E-state index in [2.05, 4.69) is 11.1 Å². The molecule has 1 aliphatic heterocycles. The lowest BCUT2D eigenvalue weighted by molar-refractivity contribution is -0.192. The number of hydrogen-bond acceptors (Lipinski definition) is 6. The van der Waals surface area contributed by atoms with E-state index in [1.165, 1.54) is 6.26 Å². The Kier molecular flexibility index (Phi) is 7.70. The maximum atomic E-state index is 12.6. The van der Waals surface area contributed by atoms with Gasteiger partial charge in [-0.3, -0.25) is 9.78 Å². The number of imidazole rings is 1. The highest BCUT2D eigenvalue weighted by Gasteiger charge is 2.38. The number of fused-ring (bicyclic) bond motifs is 1. The number of pyridine rings is 1. The van der Waals surface area contributed by atoms with Gasteiger partial charge in [0.25, 0.3) is 5.91 Å². The van der Waals surface area contributed by atoms with E-state index >= 15 is 0 Å². The number of aliphatic carboxylic acids is 1. The fourth-order valence-corrected chi connectivity index (χ4v) is 4.24. The number of alkyl halides is 3. The fraction of sp³-hybridized carbons (Fsp3) is 0.308. The zero-order valence-corrected chi connectivity index (χ0v) is 20.6. The average Bonchev–Trinajstić information content (AvgIpc) is 3.58. The van der Waals surface area contributed by atoms with Crippen LogP contribution in [0.1, 0.15) is 35.0 Å². The van der Waals surface area contributed by atoms with Crippen LogP contribution in [0.25, 0.3) is 22.3 Å². The van der Waals surface area contributed by atoms with Crippen LogP contribution >= 0.6 is 0 Å². The first-order valence-electron chi connectivity index (χ1n) is 11.7. The summed E-state index contributed by atoms with van der Waals surface area (Å²) < 4.78 is 44.3. The van der Waals surface area contributed by atoms with Gasteiger partial charge < -0.3 is 23.7 Å². The van der Waals surface area contributed by atoms with Crippen molar-refractivity contribution in [2.45, 2.75) is 24.9 Å². The van der Waals surface area contributed by atoms with Gasteiger partial charge in [0, 0.05) is 37.3 Å². The number of amides is 1. The highest BCUT2D eigenvalue weighted by atomic mass is 19.4. The number of carbonyl (C=O) groups excluding carboxylic acids is 1. The summed E-state index contributed by atoms with van der Waals surface area (Å²) in [7, 11) is 3.66. The molecule has 200 valence electrons. The minimum absolute atomic E-state index is 0.0441. The van der Waals surface area contributed by atoms with Gasteiger partial charge in [0.15, 0.2) is 5.76 Å². The Balaban J connectivity index is 0.000000426. The molecule has 1 aliphatic rings. The van der Waals surface area contributed by atoms with Crippen molar-refractivity contribution in [3.05, 3.63) is 66.5 Å². The molecule has 1 saturated heterocycles. The lowest BCUT2D eigenvalue weighted by Crippen LogP contribution is -2.37. The van der Waals surface area contributed by atoms with E-state index in [0.717, 1.165) is 46.6 Å². The zero-order chi connectivity index (χ0) is 27.4. The summed E-state index contributed by atoms with van der Waals surface area (Å²) >= 11 is 0. The van der Waals surface area contributed by atoms with Gasteiger partial charge in [-0.2, -0.15) is 13.2 Å². The number of rotatable bonds is 4. The largest absolute Gasteiger partial charge is 0.497 e. The summed E-state index contributed by atoms with van der Waals surface area (Å²) in [5.41, 5.74) is 4.89. The van der Waals surface area contributed by atoms with E-state index in [1.54, 1.807) is 19.2 Å². The number of ether oxygens (including phenoxy) is 1. The average molecular weight is 531 g/mol. The minimum Gasteiger partial charge on any atom is -0.497 e. The summed E-state index contributed by atoms with van der Waals surface area (Å²) in [6.45, 7) is 1.38. The molecule has 4 aromatic rings. The zero-order valence-electron chi connectivity index (χ0n) is 20.6. The number of nitrogens with zero attached hydrogens (tertiary/aromatic N) is 4. The van der Waals surface area contributed by atoms with Gasteiger partial charge in [0.05, 0.1) is 30.9 Å². The second-order valence-corrected chi connectivity index (χ2v) is 8.69. The van der Waals surface area contributed by atoms with Gasteiger partial charge in [-0.1, -0.05) is 0 Å². The molecule has 0 bridgehead atoms. The van der Waals surface area contributed by atoms with E-state index in [9.17, 15) is 18.0 Å². The molecule has 0 atom stereocenters. The Morgan fingerprint density at radius 1 is 1.13 bits per heavy atom. The molecule has 0 radical (unpaired) electrons. The minimum atomic E-state index is -5.08. The van der Waals surface area contributed by atoms with Gasteiger partial charge in [0.1, 0.15) is 11.3 Å². The SMILES string of the molecule is COc1ccc(-c2nc(C3CCN(C(=O)c4ccco4)CC3)cc3c2ncn3C)cc1.O=C(O)C(F)(F)F. The third-order valence-electron chi connectivity index (χ3n) is 6.27. The molecule has 1 fully saturated rings. The second kappa shape index (κ2) is 11.0. The molecule has 1 amide bonds. The molecular weight excluding hydrogens is 505 g/mol. The Morgan fingerprint density at radius 3 is 2.34 bits per heavy atom. The third-order valence-corrected chi connectivity index (χ3v) is 6.27. The molecule has 5 rings (SSSR count). The Hall–Kier alpha value is -4.35. The van der Waals surface area contributed by atoms with Crippen molar-refractivity contribution in [1.29, 1.82) is 0 Å². The highest BCUT2D eigenvalue weighted by Crippen LogP contribution is 2.33. The number of carbonyl (C=O) groups is 2. The van der Waals surface area contributed by atoms with Crippen molar-refractivity contribution < 1.29 is 37.0 Å². The number of halogens is 3. The monoisotopic (exact) mass is 530 g/mol. The van der Waals surface area contributed by atoms with Crippen LogP contribution < -0.4 is 4.74 Å². The topological polar surface area (TPSA) is 111 Å². The van der Waals surface area contributed by atoms with Gasteiger partial charge in [-0.15, -0.1) is 0 Å². The van der Waals surface area contributed by atoms with E-state index in [0.29, 0.717) is 18.8 Å². The summed E-state index contributed by atoms with van der Waals surface area (Å²) in [5.74, 6) is -1.30. The number of methoxy groups -OCH3 is 1. The van der Waals surface area contributed by atoms with E-state index in [-0.39, 0.29) is 11.8 Å². The molecule has 4 heterocycles. The van der Waals surface area contributed by atoms with Crippen molar-refractivity contribution in [3.63, 3.8) is 0 Å². The first-order valence-corrected chi connectivity index (χ1v) is 11.7. The Bertz CT molecular complexity index is 1410. The number of hydrogen-bond donors (Lipinski definition) is 1. The predicted molar refractivity (Wildman–Crippen MR) is 131 cm³/mol. The second-order valence-electron chi connectivity index (χ2n) is 8.69. The quantitative estimate of drug-likeness (QED) is 0.400. The van der Waals surface area contributed by atoms with Crippen molar-refractivity contribution in [3.8, 4) is 17.0 Å². The molecule has 38 heavy (non-hydrogen) atoms. The van der Waals surface area contributed by atoms with Gasteiger partial charge in [0.2, 0.25) is 0 Å². The van der Waals surface area contributed by atoms with Crippen molar-refractivity contribution in [1.82, 2.24) is 19.4 Å². The molecule has 1 aromatic carbocycles. The number of likely N-dealkylation sites (tertiary alicyclic amines) is 1. The normalized spacial score (nSPS) is 14.2. The molecule has 1 N–H and O–H groups in total. The number of carboxylic acids is 1. The maximum absolute atomic E-state index is 12.6. The van der Waals surface area contributed by atoms with Crippen LogP contribution in [-0.2, 0) is 11.8 Å². The smallest absolute Gasteiger partial charge is 0.490 e. The number of furan rings is 1. The number of carboxylic acid groups (broad SMARTS) is 1. The number of benzene rings is 1.